The van der Waals surface area contributed by atoms with Gasteiger partial charge in [-0.2, -0.15) is 13.2 Å². The molecule has 29 heavy (non-hydrogen) atoms. The first kappa shape index (κ1) is 20.8. The number of likely N-dealkylation sites (N-methyl/N-ethyl adjacent to an activating group) is 1. The minimum Gasteiger partial charge on any atom is -0.450 e. The molecule has 1 amide bonds. The second-order valence-corrected chi connectivity index (χ2v) is 7.53. The standard InChI is InChI=1S/C18H11F3N2O4S2/c1-22-16(24)15(29-17(22)28)8-10-3-2-4-12(7-10)27-14-6-5-11(18(19,20)21)9-13(14)23(25)26/h2-9H,1H3/b15-8-. The van der Waals surface area contributed by atoms with Crippen LogP contribution in [0.2, 0.25) is 0 Å². The Balaban J connectivity index is 1.90. The van der Waals surface area contributed by atoms with Crippen LogP contribution in [0.15, 0.2) is 47.4 Å². The van der Waals surface area contributed by atoms with Crippen molar-refractivity contribution in [2.45, 2.75) is 6.18 Å². The maximum absolute atomic E-state index is 12.8. The van der Waals surface area contributed by atoms with Crippen molar-refractivity contribution in [2.75, 3.05) is 7.05 Å². The molecule has 1 saturated heterocycles. The molecule has 0 unspecified atom stereocenters. The molecule has 1 heterocycles. The van der Waals surface area contributed by atoms with Crippen LogP contribution in [0.1, 0.15) is 11.1 Å². The Morgan fingerprint density at radius 3 is 2.55 bits per heavy atom. The third kappa shape index (κ3) is 4.57. The Hall–Kier alpha value is -2.92. The van der Waals surface area contributed by atoms with Gasteiger partial charge in [0.1, 0.15) is 10.1 Å². The zero-order valence-electron chi connectivity index (χ0n) is 14.6. The van der Waals surface area contributed by atoms with Crippen LogP contribution in [0.25, 0.3) is 6.08 Å². The van der Waals surface area contributed by atoms with Crippen molar-refractivity contribution < 1.29 is 27.6 Å². The van der Waals surface area contributed by atoms with Crippen molar-refractivity contribution in [3.8, 4) is 11.5 Å². The second-order valence-electron chi connectivity index (χ2n) is 5.85. The molecule has 1 aliphatic heterocycles. The summed E-state index contributed by atoms with van der Waals surface area (Å²) in [6.07, 6.45) is -3.13. The molecule has 0 saturated carbocycles. The van der Waals surface area contributed by atoms with Crippen LogP contribution in [0.3, 0.4) is 0 Å². The Bertz CT molecular complexity index is 1050. The Morgan fingerprint density at radius 2 is 1.97 bits per heavy atom. The fraction of sp³-hybridized carbons (Fsp3) is 0.111. The summed E-state index contributed by atoms with van der Waals surface area (Å²) in [5.41, 5.74) is -1.39. The average molecular weight is 440 g/mol. The lowest BCUT2D eigenvalue weighted by atomic mass is 10.1. The minimum atomic E-state index is -4.71. The van der Waals surface area contributed by atoms with Gasteiger partial charge in [0.15, 0.2) is 0 Å². The third-order valence-electron chi connectivity index (χ3n) is 3.85. The van der Waals surface area contributed by atoms with Gasteiger partial charge in [-0.15, -0.1) is 0 Å². The van der Waals surface area contributed by atoms with Crippen LogP contribution in [-0.2, 0) is 11.0 Å². The lowest BCUT2D eigenvalue weighted by Crippen LogP contribution is -2.22. The van der Waals surface area contributed by atoms with Gasteiger partial charge in [0.2, 0.25) is 5.75 Å². The lowest BCUT2D eigenvalue weighted by Gasteiger charge is -2.10. The number of rotatable bonds is 4. The zero-order chi connectivity index (χ0) is 21.3. The molecule has 1 fully saturated rings. The highest BCUT2D eigenvalue weighted by Gasteiger charge is 2.33. The SMILES string of the molecule is CN1C(=O)/C(=C/c2cccc(Oc3ccc(C(F)(F)F)cc3[N+](=O)[O-])c2)SC1=S. The monoisotopic (exact) mass is 440 g/mol. The lowest BCUT2D eigenvalue weighted by molar-refractivity contribution is -0.385. The molecule has 11 heteroatoms. The summed E-state index contributed by atoms with van der Waals surface area (Å²) in [7, 11) is 1.56. The fourth-order valence-electron chi connectivity index (χ4n) is 2.41. The highest BCUT2D eigenvalue weighted by molar-refractivity contribution is 8.26. The number of thioether (sulfide) groups is 1. The van der Waals surface area contributed by atoms with Crippen molar-refractivity contribution in [1.29, 1.82) is 0 Å². The molecule has 0 bridgehead atoms. The summed E-state index contributed by atoms with van der Waals surface area (Å²) < 4.78 is 44.3. The number of hydrogen-bond acceptors (Lipinski definition) is 6. The van der Waals surface area contributed by atoms with Crippen LogP contribution >= 0.6 is 24.0 Å². The fourth-order valence-corrected chi connectivity index (χ4v) is 3.59. The van der Waals surface area contributed by atoms with Crippen LogP contribution < -0.4 is 4.74 Å². The third-order valence-corrected chi connectivity index (χ3v) is 5.34. The van der Waals surface area contributed by atoms with E-state index in [0.29, 0.717) is 26.9 Å². The first-order valence-corrected chi connectivity index (χ1v) is 9.14. The number of nitrogens with zero attached hydrogens (tertiary/aromatic N) is 2. The largest absolute Gasteiger partial charge is 0.450 e. The van der Waals surface area contributed by atoms with Crippen LogP contribution in [-0.4, -0.2) is 27.1 Å². The van der Waals surface area contributed by atoms with E-state index >= 15 is 0 Å². The molecule has 0 spiro atoms. The number of nitro groups is 1. The number of hydrogen-bond donors (Lipinski definition) is 0. The van der Waals surface area contributed by atoms with Gasteiger partial charge in [0.25, 0.3) is 5.91 Å². The summed E-state index contributed by atoms with van der Waals surface area (Å²) in [5.74, 6) is -0.432. The molecule has 0 aromatic heterocycles. The number of carbonyl (C=O) groups excluding carboxylic acids is 1. The summed E-state index contributed by atoms with van der Waals surface area (Å²) in [6, 6.07) is 8.29. The van der Waals surface area contributed by atoms with Gasteiger partial charge in [0.05, 0.1) is 15.4 Å². The van der Waals surface area contributed by atoms with Crippen molar-refractivity contribution in [3.05, 3.63) is 68.6 Å². The van der Waals surface area contributed by atoms with Crippen molar-refractivity contribution in [1.82, 2.24) is 4.90 Å². The normalized spacial score (nSPS) is 15.9. The van der Waals surface area contributed by atoms with E-state index in [1.807, 2.05) is 0 Å². The number of thiocarbonyl (C=S) groups is 1. The van der Waals surface area contributed by atoms with E-state index in [0.717, 1.165) is 17.8 Å². The van der Waals surface area contributed by atoms with Gasteiger partial charge in [-0.25, -0.2) is 0 Å². The summed E-state index contributed by atoms with van der Waals surface area (Å²) in [4.78, 5) is 24.0. The maximum atomic E-state index is 12.8. The van der Waals surface area contributed by atoms with Gasteiger partial charge < -0.3 is 4.74 Å². The first-order valence-electron chi connectivity index (χ1n) is 7.91. The second kappa shape index (κ2) is 7.84. The quantitative estimate of drug-likeness (QED) is 0.280. The van der Waals surface area contributed by atoms with E-state index in [4.69, 9.17) is 17.0 Å². The van der Waals surface area contributed by atoms with E-state index in [9.17, 15) is 28.1 Å². The molecular weight excluding hydrogens is 429 g/mol. The molecule has 3 rings (SSSR count). The number of halogens is 3. The Kier molecular flexibility index (Phi) is 5.62. The summed E-state index contributed by atoms with van der Waals surface area (Å²) >= 11 is 6.19. The van der Waals surface area contributed by atoms with Crippen LogP contribution in [0.4, 0.5) is 18.9 Å². The number of benzene rings is 2. The van der Waals surface area contributed by atoms with E-state index in [-0.39, 0.29) is 17.4 Å². The molecule has 6 nitrogen and oxygen atoms in total. The highest BCUT2D eigenvalue weighted by Crippen LogP contribution is 2.38. The average Bonchev–Trinajstić information content (AvgIpc) is 2.88. The number of amides is 1. The molecular formula is C18H11F3N2O4S2. The number of alkyl halides is 3. The number of carbonyl (C=O) groups is 1. The molecule has 0 atom stereocenters. The minimum absolute atomic E-state index is 0.161. The summed E-state index contributed by atoms with van der Waals surface area (Å²) in [5, 5.41) is 11.2. The van der Waals surface area contributed by atoms with Crippen molar-refractivity contribution >= 4 is 46.0 Å². The maximum Gasteiger partial charge on any atom is 0.416 e. The van der Waals surface area contributed by atoms with Crippen molar-refractivity contribution in [2.24, 2.45) is 0 Å². The van der Waals surface area contributed by atoms with Gasteiger partial charge in [0, 0.05) is 13.1 Å². The first-order chi connectivity index (χ1) is 13.6. The molecule has 0 radical (unpaired) electrons. The van der Waals surface area contributed by atoms with E-state index in [1.54, 1.807) is 25.3 Å². The molecule has 2 aromatic carbocycles. The van der Waals surface area contributed by atoms with Crippen LogP contribution in [0, 0.1) is 10.1 Å². The summed E-state index contributed by atoms with van der Waals surface area (Å²) in [6.45, 7) is 0. The predicted molar refractivity (Wildman–Crippen MR) is 106 cm³/mol. The number of nitro benzene ring substituents is 1. The van der Waals surface area contributed by atoms with Gasteiger partial charge in [-0.1, -0.05) is 36.1 Å². The van der Waals surface area contributed by atoms with Crippen molar-refractivity contribution in [3.63, 3.8) is 0 Å². The van der Waals surface area contributed by atoms with Gasteiger partial charge in [-0.3, -0.25) is 19.8 Å². The van der Waals surface area contributed by atoms with Gasteiger partial charge >= 0.3 is 11.9 Å². The van der Waals surface area contributed by atoms with E-state index in [2.05, 4.69) is 0 Å². The predicted octanol–water partition coefficient (Wildman–Crippen LogP) is 5.24. The highest BCUT2D eigenvalue weighted by atomic mass is 32.2. The molecule has 2 aromatic rings. The molecule has 0 aliphatic carbocycles. The van der Waals surface area contributed by atoms with E-state index < -0.39 is 22.4 Å². The van der Waals surface area contributed by atoms with E-state index in [1.165, 1.54) is 17.0 Å². The molecule has 150 valence electrons. The zero-order valence-corrected chi connectivity index (χ0v) is 16.2. The Morgan fingerprint density at radius 1 is 1.24 bits per heavy atom. The topological polar surface area (TPSA) is 72.7 Å². The smallest absolute Gasteiger partial charge is 0.416 e. The molecule has 1 aliphatic rings. The van der Waals surface area contributed by atoms with Gasteiger partial charge in [-0.05, 0) is 35.9 Å². The molecule has 0 N–H and O–H groups in total. The Labute approximate surface area is 172 Å². The van der Waals surface area contributed by atoms with Crippen LogP contribution in [0.5, 0.6) is 11.5 Å². The number of ether oxygens (including phenoxy) is 1.